The molecule has 0 radical (unpaired) electrons. The number of benzene rings is 1. The van der Waals surface area contributed by atoms with E-state index in [-0.39, 0.29) is 0 Å². The molecule has 16 heavy (non-hydrogen) atoms. The van der Waals surface area contributed by atoms with Gasteiger partial charge in [-0.25, -0.2) is 4.98 Å². The SMILES string of the molecule is COc1ccc(Br)cc1NCc1ncc[nH]1. The van der Waals surface area contributed by atoms with E-state index >= 15 is 0 Å². The minimum Gasteiger partial charge on any atom is -0.495 e. The monoisotopic (exact) mass is 281 g/mol. The van der Waals surface area contributed by atoms with Gasteiger partial charge >= 0.3 is 0 Å². The van der Waals surface area contributed by atoms with Crippen LogP contribution in [0, 0.1) is 0 Å². The maximum Gasteiger partial charge on any atom is 0.142 e. The number of hydrogen-bond acceptors (Lipinski definition) is 3. The van der Waals surface area contributed by atoms with Gasteiger partial charge in [-0.15, -0.1) is 0 Å². The highest BCUT2D eigenvalue weighted by Gasteiger charge is 2.03. The number of aromatic nitrogens is 2. The number of anilines is 1. The van der Waals surface area contributed by atoms with Crippen molar-refractivity contribution < 1.29 is 4.74 Å². The largest absolute Gasteiger partial charge is 0.495 e. The van der Waals surface area contributed by atoms with Crippen molar-refractivity contribution in [3.05, 3.63) is 40.9 Å². The lowest BCUT2D eigenvalue weighted by molar-refractivity contribution is 0.416. The summed E-state index contributed by atoms with van der Waals surface area (Å²) in [5.41, 5.74) is 0.938. The second-order valence-corrected chi connectivity index (χ2v) is 4.15. The number of ether oxygens (including phenoxy) is 1. The van der Waals surface area contributed by atoms with Gasteiger partial charge in [0.1, 0.15) is 11.6 Å². The summed E-state index contributed by atoms with van der Waals surface area (Å²) in [6.07, 6.45) is 3.53. The van der Waals surface area contributed by atoms with Gasteiger partial charge in [-0.3, -0.25) is 0 Å². The fourth-order valence-electron chi connectivity index (χ4n) is 1.39. The summed E-state index contributed by atoms with van der Waals surface area (Å²) < 4.78 is 6.27. The topological polar surface area (TPSA) is 49.9 Å². The van der Waals surface area contributed by atoms with Crippen LogP contribution in [0.2, 0.25) is 0 Å². The van der Waals surface area contributed by atoms with Crippen LogP contribution < -0.4 is 10.1 Å². The summed E-state index contributed by atoms with van der Waals surface area (Å²) in [6, 6.07) is 5.83. The number of rotatable bonds is 4. The molecule has 0 atom stereocenters. The van der Waals surface area contributed by atoms with Crippen LogP contribution in [0.5, 0.6) is 5.75 Å². The Morgan fingerprint density at radius 1 is 1.50 bits per heavy atom. The molecule has 0 aliphatic heterocycles. The van der Waals surface area contributed by atoms with E-state index in [0.717, 1.165) is 21.7 Å². The molecule has 2 N–H and O–H groups in total. The number of H-pyrrole nitrogens is 1. The Labute approximate surface area is 102 Å². The fraction of sp³-hybridized carbons (Fsp3) is 0.182. The minimum absolute atomic E-state index is 0.639. The van der Waals surface area contributed by atoms with Crippen molar-refractivity contribution in [2.45, 2.75) is 6.54 Å². The molecule has 0 aliphatic carbocycles. The quantitative estimate of drug-likeness (QED) is 0.906. The van der Waals surface area contributed by atoms with Crippen LogP contribution in [0.4, 0.5) is 5.69 Å². The zero-order valence-electron chi connectivity index (χ0n) is 8.83. The van der Waals surface area contributed by atoms with Crippen LogP contribution in [0.25, 0.3) is 0 Å². The number of aromatic amines is 1. The van der Waals surface area contributed by atoms with Crippen molar-refractivity contribution in [2.24, 2.45) is 0 Å². The lowest BCUT2D eigenvalue weighted by atomic mass is 10.3. The van der Waals surface area contributed by atoms with Crippen LogP contribution in [0.15, 0.2) is 35.1 Å². The van der Waals surface area contributed by atoms with Gasteiger partial charge in [0.2, 0.25) is 0 Å². The zero-order valence-corrected chi connectivity index (χ0v) is 10.4. The van der Waals surface area contributed by atoms with Gasteiger partial charge in [-0.2, -0.15) is 0 Å². The van der Waals surface area contributed by atoms with Crippen molar-refractivity contribution in [1.29, 1.82) is 0 Å². The third kappa shape index (κ3) is 2.55. The first-order chi connectivity index (χ1) is 7.79. The molecule has 1 aromatic heterocycles. The first-order valence-electron chi connectivity index (χ1n) is 4.85. The van der Waals surface area contributed by atoms with E-state index in [4.69, 9.17) is 4.74 Å². The molecule has 84 valence electrons. The maximum atomic E-state index is 5.26. The van der Waals surface area contributed by atoms with Gasteiger partial charge in [0.25, 0.3) is 0 Å². The number of imidazole rings is 1. The molecule has 0 spiro atoms. The van der Waals surface area contributed by atoms with Crippen LogP contribution in [0.1, 0.15) is 5.82 Å². The number of nitrogens with one attached hydrogen (secondary N) is 2. The molecule has 0 amide bonds. The van der Waals surface area contributed by atoms with Crippen molar-refractivity contribution in [3.8, 4) is 5.75 Å². The third-order valence-corrected chi connectivity index (χ3v) is 2.66. The summed E-state index contributed by atoms with van der Waals surface area (Å²) >= 11 is 3.43. The third-order valence-electron chi connectivity index (χ3n) is 2.16. The standard InChI is InChI=1S/C11H12BrN3O/c1-16-10-3-2-8(12)6-9(10)15-7-11-13-4-5-14-11/h2-6,15H,7H2,1H3,(H,13,14). The maximum absolute atomic E-state index is 5.26. The molecule has 2 rings (SSSR count). The summed E-state index contributed by atoms with van der Waals surface area (Å²) in [4.78, 5) is 7.17. The zero-order chi connectivity index (χ0) is 11.4. The van der Waals surface area contributed by atoms with Gasteiger partial charge in [-0.1, -0.05) is 15.9 Å². The molecule has 0 saturated heterocycles. The van der Waals surface area contributed by atoms with E-state index in [2.05, 4.69) is 31.2 Å². The van der Waals surface area contributed by atoms with E-state index in [0.29, 0.717) is 6.54 Å². The Bertz CT molecular complexity index is 456. The number of methoxy groups -OCH3 is 1. The molecular formula is C11H12BrN3O. The first kappa shape index (κ1) is 11.0. The van der Waals surface area contributed by atoms with Crippen molar-refractivity contribution in [3.63, 3.8) is 0 Å². The van der Waals surface area contributed by atoms with Gasteiger partial charge in [0.15, 0.2) is 0 Å². The smallest absolute Gasteiger partial charge is 0.142 e. The van der Waals surface area contributed by atoms with Crippen molar-refractivity contribution in [1.82, 2.24) is 9.97 Å². The van der Waals surface area contributed by atoms with E-state index in [1.54, 1.807) is 19.5 Å². The molecule has 5 heteroatoms. The van der Waals surface area contributed by atoms with Crippen molar-refractivity contribution >= 4 is 21.6 Å². The Morgan fingerprint density at radius 3 is 3.06 bits per heavy atom. The van der Waals surface area contributed by atoms with Gasteiger partial charge in [-0.05, 0) is 18.2 Å². The Balaban J connectivity index is 2.11. The highest BCUT2D eigenvalue weighted by molar-refractivity contribution is 9.10. The molecule has 0 unspecified atom stereocenters. The highest BCUT2D eigenvalue weighted by Crippen LogP contribution is 2.27. The lowest BCUT2D eigenvalue weighted by Gasteiger charge is -2.10. The number of hydrogen-bond donors (Lipinski definition) is 2. The van der Waals surface area contributed by atoms with Crippen LogP contribution >= 0.6 is 15.9 Å². The molecule has 1 heterocycles. The summed E-state index contributed by atoms with van der Waals surface area (Å²) in [5, 5.41) is 3.26. The predicted molar refractivity (Wildman–Crippen MR) is 66.6 cm³/mol. The van der Waals surface area contributed by atoms with Crippen LogP contribution in [-0.4, -0.2) is 17.1 Å². The second-order valence-electron chi connectivity index (χ2n) is 3.23. The van der Waals surface area contributed by atoms with Crippen LogP contribution in [-0.2, 0) is 6.54 Å². The van der Waals surface area contributed by atoms with Gasteiger partial charge in [0.05, 0.1) is 19.3 Å². The summed E-state index contributed by atoms with van der Waals surface area (Å²) in [7, 11) is 1.65. The van der Waals surface area contributed by atoms with E-state index in [1.165, 1.54) is 0 Å². The summed E-state index contributed by atoms with van der Waals surface area (Å²) in [6.45, 7) is 0.639. The minimum atomic E-state index is 0.639. The van der Waals surface area contributed by atoms with E-state index in [1.807, 2.05) is 18.2 Å². The van der Waals surface area contributed by atoms with Gasteiger partial charge in [0, 0.05) is 16.9 Å². The Morgan fingerprint density at radius 2 is 2.38 bits per heavy atom. The molecule has 0 fully saturated rings. The van der Waals surface area contributed by atoms with Crippen molar-refractivity contribution in [2.75, 3.05) is 12.4 Å². The molecule has 0 saturated carbocycles. The normalized spacial score (nSPS) is 10.1. The first-order valence-corrected chi connectivity index (χ1v) is 5.64. The second kappa shape index (κ2) is 5.03. The molecule has 4 nitrogen and oxygen atoms in total. The highest BCUT2D eigenvalue weighted by atomic mass is 79.9. The number of halogens is 1. The lowest BCUT2D eigenvalue weighted by Crippen LogP contribution is -2.02. The summed E-state index contributed by atoms with van der Waals surface area (Å²) in [5.74, 6) is 1.71. The van der Waals surface area contributed by atoms with E-state index < -0.39 is 0 Å². The predicted octanol–water partition coefficient (Wildman–Crippen LogP) is 2.79. The molecule has 0 bridgehead atoms. The number of nitrogens with zero attached hydrogens (tertiary/aromatic N) is 1. The molecule has 0 aliphatic rings. The average Bonchev–Trinajstić information content (AvgIpc) is 2.79. The molecule has 1 aromatic carbocycles. The molecule has 2 aromatic rings. The van der Waals surface area contributed by atoms with E-state index in [9.17, 15) is 0 Å². The fourth-order valence-corrected chi connectivity index (χ4v) is 1.75. The molecular weight excluding hydrogens is 270 g/mol. The average molecular weight is 282 g/mol. The van der Waals surface area contributed by atoms with Crippen LogP contribution in [0.3, 0.4) is 0 Å². The Kier molecular flexibility index (Phi) is 3.46. The Hall–Kier alpha value is -1.49. The van der Waals surface area contributed by atoms with Gasteiger partial charge < -0.3 is 15.0 Å².